The molecule has 8 nitrogen and oxygen atoms in total. The highest BCUT2D eigenvalue weighted by atomic mass is 16.2. The molecule has 2 heterocycles. The maximum Gasteiger partial charge on any atom is 0.317 e. The Hall–Kier alpha value is -2.64. The van der Waals surface area contributed by atoms with Gasteiger partial charge in [0.05, 0.1) is 11.4 Å². The molecular weight excluding hydrogens is 318 g/mol. The number of rotatable bonds is 4. The molecule has 134 valence electrons. The number of hydrogen-bond donors (Lipinski definition) is 1. The molecule has 0 bridgehead atoms. The normalized spacial score (nSPS) is 16.2. The van der Waals surface area contributed by atoms with Gasteiger partial charge in [0.2, 0.25) is 0 Å². The number of nitrogens with one attached hydrogen (secondary N) is 1. The number of urea groups is 1. The molecule has 2 aromatic rings. The van der Waals surface area contributed by atoms with Crippen LogP contribution < -0.4 is 10.2 Å². The van der Waals surface area contributed by atoms with Crippen molar-refractivity contribution in [1.82, 2.24) is 30.2 Å². The van der Waals surface area contributed by atoms with Crippen LogP contribution in [0.3, 0.4) is 0 Å². The molecular formula is C17H25N7O. The molecule has 0 saturated heterocycles. The van der Waals surface area contributed by atoms with Gasteiger partial charge in [-0.2, -0.15) is 0 Å². The summed E-state index contributed by atoms with van der Waals surface area (Å²) < 4.78 is 1.80. The summed E-state index contributed by atoms with van der Waals surface area (Å²) in [6, 6.07) is 4.01. The third-order valence-corrected chi connectivity index (χ3v) is 4.55. The van der Waals surface area contributed by atoms with Crippen LogP contribution in [0.15, 0.2) is 18.3 Å². The average molecular weight is 343 g/mol. The van der Waals surface area contributed by atoms with E-state index >= 15 is 0 Å². The summed E-state index contributed by atoms with van der Waals surface area (Å²) in [5.74, 6) is 0.902. The van der Waals surface area contributed by atoms with Crippen molar-refractivity contribution in [2.45, 2.75) is 31.8 Å². The minimum atomic E-state index is -0.0692. The van der Waals surface area contributed by atoms with Gasteiger partial charge in [-0.05, 0) is 24.5 Å². The first-order valence-corrected chi connectivity index (χ1v) is 8.45. The molecule has 0 aromatic carbocycles. The standard InChI is InChI=1S/C17H25N7O/c1-22(2)16-8-5-12(10-18-16)11-23(3)17(25)19-13-6-7-14-15(9-13)24(4)21-20-14/h5,8,10,13H,6-7,9,11H2,1-4H3,(H,19,25). The molecule has 2 amide bonds. The zero-order valence-electron chi connectivity index (χ0n) is 15.2. The first-order valence-electron chi connectivity index (χ1n) is 8.45. The Morgan fingerprint density at radius 1 is 1.36 bits per heavy atom. The van der Waals surface area contributed by atoms with Crippen molar-refractivity contribution < 1.29 is 4.79 Å². The van der Waals surface area contributed by atoms with Crippen molar-refractivity contribution in [1.29, 1.82) is 0 Å². The number of carbonyl (C=O) groups is 1. The third-order valence-electron chi connectivity index (χ3n) is 4.55. The number of fused-ring (bicyclic) bond motifs is 1. The molecule has 0 spiro atoms. The maximum atomic E-state index is 12.5. The smallest absolute Gasteiger partial charge is 0.317 e. The maximum absolute atomic E-state index is 12.5. The lowest BCUT2D eigenvalue weighted by atomic mass is 9.96. The van der Waals surface area contributed by atoms with Crippen LogP contribution in [0.25, 0.3) is 0 Å². The molecule has 0 radical (unpaired) electrons. The van der Waals surface area contributed by atoms with Crippen LogP contribution in [-0.2, 0) is 26.4 Å². The van der Waals surface area contributed by atoms with E-state index in [-0.39, 0.29) is 12.1 Å². The number of pyridine rings is 1. The number of nitrogens with zero attached hydrogens (tertiary/aromatic N) is 6. The summed E-state index contributed by atoms with van der Waals surface area (Å²) in [5.41, 5.74) is 3.17. The van der Waals surface area contributed by atoms with Gasteiger partial charge in [0.15, 0.2) is 0 Å². The van der Waals surface area contributed by atoms with Crippen LogP contribution in [0.2, 0.25) is 0 Å². The second-order valence-corrected chi connectivity index (χ2v) is 6.77. The fraction of sp³-hybridized carbons (Fsp3) is 0.529. The van der Waals surface area contributed by atoms with Crippen LogP contribution >= 0.6 is 0 Å². The predicted octanol–water partition coefficient (Wildman–Crippen LogP) is 0.975. The minimum Gasteiger partial charge on any atom is -0.363 e. The van der Waals surface area contributed by atoms with Gasteiger partial charge in [0.1, 0.15) is 5.82 Å². The second kappa shape index (κ2) is 7.08. The Morgan fingerprint density at radius 2 is 2.16 bits per heavy atom. The highest BCUT2D eigenvalue weighted by molar-refractivity contribution is 5.74. The number of carbonyl (C=O) groups excluding carboxylic acids is 1. The van der Waals surface area contributed by atoms with Crippen LogP contribution in [0, 0.1) is 0 Å². The molecule has 25 heavy (non-hydrogen) atoms. The lowest BCUT2D eigenvalue weighted by Gasteiger charge is -2.26. The quantitative estimate of drug-likeness (QED) is 0.895. The highest BCUT2D eigenvalue weighted by Crippen LogP contribution is 2.19. The van der Waals surface area contributed by atoms with Crippen LogP contribution in [0.5, 0.6) is 0 Å². The van der Waals surface area contributed by atoms with E-state index < -0.39 is 0 Å². The molecule has 3 rings (SSSR count). The van der Waals surface area contributed by atoms with E-state index in [1.54, 1.807) is 16.6 Å². The monoisotopic (exact) mass is 343 g/mol. The van der Waals surface area contributed by atoms with Crippen molar-refractivity contribution in [2.75, 3.05) is 26.0 Å². The Morgan fingerprint density at radius 3 is 2.84 bits per heavy atom. The number of aryl methyl sites for hydroxylation is 2. The summed E-state index contributed by atoms with van der Waals surface area (Å²) >= 11 is 0. The van der Waals surface area contributed by atoms with Crippen molar-refractivity contribution in [3.8, 4) is 0 Å². The van der Waals surface area contributed by atoms with Crippen LogP contribution in [-0.4, -0.2) is 58.1 Å². The summed E-state index contributed by atoms with van der Waals surface area (Å²) in [7, 11) is 7.60. The zero-order valence-corrected chi connectivity index (χ0v) is 15.2. The Bertz CT molecular complexity index is 738. The lowest BCUT2D eigenvalue weighted by molar-refractivity contribution is 0.201. The van der Waals surface area contributed by atoms with Gasteiger partial charge >= 0.3 is 6.03 Å². The molecule has 1 unspecified atom stereocenters. The molecule has 1 aliphatic carbocycles. The Kier molecular flexibility index (Phi) is 4.87. The van der Waals surface area contributed by atoms with Crippen LogP contribution in [0.4, 0.5) is 10.6 Å². The van der Waals surface area contributed by atoms with E-state index in [0.717, 1.165) is 42.0 Å². The van der Waals surface area contributed by atoms with Gasteiger partial charge in [0, 0.05) is 53.4 Å². The minimum absolute atomic E-state index is 0.0692. The van der Waals surface area contributed by atoms with E-state index in [0.29, 0.717) is 6.54 Å². The zero-order chi connectivity index (χ0) is 18.0. The van der Waals surface area contributed by atoms with Crippen LogP contribution in [0.1, 0.15) is 23.4 Å². The van der Waals surface area contributed by atoms with Gasteiger partial charge in [0.25, 0.3) is 0 Å². The summed E-state index contributed by atoms with van der Waals surface area (Å²) in [4.78, 5) is 20.5. The second-order valence-electron chi connectivity index (χ2n) is 6.77. The molecule has 2 aromatic heterocycles. The lowest BCUT2D eigenvalue weighted by Crippen LogP contribution is -2.45. The molecule has 0 aliphatic heterocycles. The van der Waals surface area contributed by atoms with Gasteiger partial charge in [-0.3, -0.25) is 4.68 Å². The highest BCUT2D eigenvalue weighted by Gasteiger charge is 2.25. The number of aromatic nitrogens is 4. The average Bonchev–Trinajstić information content (AvgIpc) is 2.96. The molecule has 1 N–H and O–H groups in total. The van der Waals surface area contributed by atoms with Gasteiger partial charge < -0.3 is 15.1 Å². The first-order chi connectivity index (χ1) is 11.9. The van der Waals surface area contributed by atoms with E-state index in [9.17, 15) is 4.79 Å². The van der Waals surface area contributed by atoms with Crippen molar-refractivity contribution >= 4 is 11.8 Å². The number of anilines is 1. The topological polar surface area (TPSA) is 79.2 Å². The molecule has 8 heteroatoms. The molecule has 1 atom stereocenters. The first kappa shape index (κ1) is 17.2. The third kappa shape index (κ3) is 3.89. The number of amides is 2. The largest absolute Gasteiger partial charge is 0.363 e. The van der Waals surface area contributed by atoms with E-state index in [1.165, 1.54) is 0 Å². The van der Waals surface area contributed by atoms with E-state index in [2.05, 4.69) is 20.6 Å². The van der Waals surface area contributed by atoms with Crippen molar-refractivity contribution in [3.63, 3.8) is 0 Å². The van der Waals surface area contributed by atoms with Gasteiger partial charge in [-0.15, -0.1) is 5.10 Å². The van der Waals surface area contributed by atoms with E-state index in [4.69, 9.17) is 0 Å². The number of hydrogen-bond acceptors (Lipinski definition) is 5. The summed E-state index contributed by atoms with van der Waals surface area (Å²) in [5, 5.41) is 11.3. The fourth-order valence-corrected chi connectivity index (χ4v) is 3.04. The van der Waals surface area contributed by atoms with Gasteiger partial charge in [-0.1, -0.05) is 11.3 Å². The summed E-state index contributed by atoms with van der Waals surface area (Å²) in [6.45, 7) is 0.526. The van der Waals surface area contributed by atoms with Crippen molar-refractivity contribution in [2.24, 2.45) is 7.05 Å². The predicted molar refractivity (Wildman–Crippen MR) is 95.4 cm³/mol. The Balaban J connectivity index is 1.55. The Labute approximate surface area is 147 Å². The van der Waals surface area contributed by atoms with Gasteiger partial charge in [-0.25, -0.2) is 9.78 Å². The SMILES string of the molecule is CN(Cc1ccc(N(C)C)nc1)C(=O)NC1CCc2nnn(C)c2C1. The molecule has 1 aliphatic rings. The molecule has 0 fully saturated rings. The fourth-order valence-electron chi connectivity index (χ4n) is 3.04. The van der Waals surface area contributed by atoms with Crippen molar-refractivity contribution in [3.05, 3.63) is 35.3 Å². The van der Waals surface area contributed by atoms with E-state index in [1.807, 2.05) is 44.4 Å². The molecule has 0 saturated carbocycles. The summed E-state index contributed by atoms with van der Waals surface area (Å²) in [6.07, 6.45) is 4.34.